The van der Waals surface area contributed by atoms with Gasteiger partial charge in [-0.3, -0.25) is 19.7 Å². The summed E-state index contributed by atoms with van der Waals surface area (Å²) in [5.41, 5.74) is 2.41. The van der Waals surface area contributed by atoms with Crippen molar-refractivity contribution in [3.05, 3.63) is 75.5 Å². The number of hydrogen-bond donors (Lipinski definition) is 1. The van der Waals surface area contributed by atoms with Gasteiger partial charge in [0.15, 0.2) is 0 Å². The number of nitrogens with zero attached hydrogens (tertiary/aromatic N) is 3. The van der Waals surface area contributed by atoms with Gasteiger partial charge >= 0.3 is 0 Å². The molecule has 1 aromatic heterocycles. The molecule has 1 saturated heterocycles. The van der Waals surface area contributed by atoms with E-state index in [4.69, 9.17) is 0 Å². The Labute approximate surface area is 192 Å². The van der Waals surface area contributed by atoms with Crippen molar-refractivity contribution >= 4 is 28.4 Å². The van der Waals surface area contributed by atoms with Gasteiger partial charge in [-0.25, -0.2) is 0 Å². The molecule has 172 valence electrons. The Morgan fingerprint density at radius 2 is 1.70 bits per heavy atom. The molecule has 1 aliphatic heterocycles. The molecule has 0 saturated carbocycles. The average Bonchev–Trinajstić information content (AvgIpc) is 3.20. The Bertz CT molecular complexity index is 1220. The topological polar surface area (TPSA) is 99.6 Å². The van der Waals surface area contributed by atoms with Gasteiger partial charge in [-0.05, 0) is 23.1 Å². The highest BCUT2D eigenvalue weighted by Gasteiger charge is 2.29. The highest BCUT2D eigenvalue weighted by molar-refractivity contribution is 5.95. The van der Waals surface area contributed by atoms with Crippen LogP contribution in [0.5, 0.6) is 0 Å². The van der Waals surface area contributed by atoms with Crippen LogP contribution in [0.3, 0.4) is 0 Å². The van der Waals surface area contributed by atoms with E-state index in [0.29, 0.717) is 43.7 Å². The molecule has 4 rings (SSSR count). The van der Waals surface area contributed by atoms with Crippen LogP contribution in [0.15, 0.2) is 48.7 Å². The number of carbonyl (C=O) groups excluding carboxylic acids is 2. The van der Waals surface area contributed by atoms with Crippen LogP contribution in [0.1, 0.15) is 42.3 Å². The van der Waals surface area contributed by atoms with E-state index in [1.807, 2.05) is 51.2 Å². The number of para-hydroxylation sites is 1. The van der Waals surface area contributed by atoms with Gasteiger partial charge in [0, 0.05) is 60.5 Å². The number of fused-ring (bicyclic) bond motifs is 1. The van der Waals surface area contributed by atoms with Crippen LogP contribution in [-0.4, -0.2) is 57.7 Å². The van der Waals surface area contributed by atoms with E-state index in [9.17, 15) is 19.7 Å². The second-order valence-corrected chi connectivity index (χ2v) is 9.45. The van der Waals surface area contributed by atoms with Crippen molar-refractivity contribution in [2.75, 3.05) is 26.2 Å². The van der Waals surface area contributed by atoms with Crippen LogP contribution in [-0.2, 0) is 16.6 Å². The molecule has 1 aliphatic rings. The van der Waals surface area contributed by atoms with Crippen molar-refractivity contribution < 1.29 is 14.5 Å². The molecule has 0 radical (unpaired) electrons. The van der Waals surface area contributed by atoms with Gasteiger partial charge in [0.05, 0.1) is 11.3 Å². The fourth-order valence-corrected chi connectivity index (χ4v) is 4.34. The van der Waals surface area contributed by atoms with Gasteiger partial charge in [0.25, 0.3) is 11.6 Å². The van der Waals surface area contributed by atoms with Gasteiger partial charge in [0.2, 0.25) is 5.91 Å². The van der Waals surface area contributed by atoms with Crippen LogP contribution in [0.25, 0.3) is 10.9 Å². The maximum absolute atomic E-state index is 13.0. The van der Waals surface area contributed by atoms with E-state index in [0.717, 1.165) is 16.5 Å². The quantitative estimate of drug-likeness (QED) is 0.483. The normalized spacial score (nSPS) is 14.5. The molecule has 0 atom stereocenters. The summed E-state index contributed by atoms with van der Waals surface area (Å²) in [5, 5.41) is 12.6. The van der Waals surface area contributed by atoms with Crippen LogP contribution >= 0.6 is 0 Å². The molecule has 0 bridgehead atoms. The number of nitrogens with one attached hydrogen (secondary N) is 1. The molecule has 1 fully saturated rings. The third-order valence-corrected chi connectivity index (χ3v) is 6.19. The number of aromatic nitrogens is 1. The zero-order valence-electron chi connectivity index (χ0n) is 19.1. The average molecular weight is 449 g/mol. The van der Waals surface area contributed by atoms with E-state index in [1.165, 1.54) is 6.07 Å². The minimum atomic E-state index is -0.432. The molecular weight excluding hydrogens is 420 g/mol. The summed E-state index contributed by atoms with van der Waals surface area (Å²) in [4.78, 5) is 43.6. The monoisotopic (exact) mass is 448 g/mol. The molecule has 0 unspecified atom stereocenters. The van der Waals surface area contributed by atoms with Crippen molar-refractivity contribution in [3.63, 3.8) is 0 Å². The largest absolute Gasteiger partial charge is 0.361 e. The molecule has 0 aliphatic carbocycles. The summed E-state index contributed by atoms with van der Waals surface area (Å²) >= 11 is 0. The second kappa shape index (κ2) is 8.69. The maximum atomic E-state index is 13.0. The minimum absolute atomic E-state index is 0.0250. The van der Waals surface area contributed by atoms with Gasteiger partial charge < -0.3 is 14.8 Å². The van der Waals surface area contributed by atoms with Crippen LogP contribution in [0, 0.1) is 10.1 Å². The molecule has 33 heavy (non-hydrogen) atoms. The van der Waals surface area contributed by atoms with Crippen molar-refractivity contribution in [2.45, 2.75) is 32.6 Å². The number of amides is 2. The highest BCUT2D eigenvalue weighted by atomic mass is 16.6. The molecule has 2 amide bonds. The Morgan fingerprint density at radius 3 is 2.36 bits per heavy atom. The lowest BCUT2D eigenvalue weighted by Crippen LogP contribution is -2.51. The first-order valence-electron chi connectivity index (χ1n) is 11.1. The lowest BCUT2D eigenvalue weighted by Gasteiger charge is -2.35. The fourth-order valence-electron chi connectivity index (χ4n) is 4.34. The fraction of sp³-hybridized carbons (Fsp3) is 0.360. The van der Waals surface area contributed by atoms with Crippen LogP contribution in [0.2, 0.25) is 0 Å². The predicted molar refractivity (Wildman–Crippen MR) is 126 cm³/mol. The summed E-state index contributed by atoms with van der Waals surface area (Å²) in [7, 11) is 0. The Hall–Kier alpha value is -3.68. The first-order valence-corrected chi connectivity index (χ1v) is 11.1. The number of benzene rings is 2. The SMILES string of the molecule is CC(C)(C)c1ccc(C(=O)N2CCN(C(=O)Cc3c[nH]c4ccccc34)CC2)cc1[N+](=O)[O-]. The summed E-state index contributed by atoms with van der Waals surface area (Å²) in [6, 6.07) is 12.6. The van der Waals surface area contributed by atoms with Crippen molar-refractivity contribution in [1.82, 2.24) is 14.8 Å². The molecular formula is C25H28N4O4. The van der Waals surface area contributed by atoms with E-state index < -0.39 is 10.3 Å². The summed E-state index contributed by atoms with van der Waals surface area (Å²) in [5.74, 6) is -0.223. The van der Waals surface area contributed by atoms with Gasteiger partial charge in [0.1, 0.15) is 0 Å². The Morgan fingerprint density at radius 1 is 1.03 bits per heavy atom. The Kier molecular flexibility index (Phi) is 5.93. The number of H-pyrrole nitrogens is 1. The van der Waals surface area contributed by atoms with Gasteiger partial charge in [-0.2, -0.15) is 0 Å². The Balaban J connectivity index is 1.41. The number of nitro benzene ring substituents is 1. The number of aromatic amines is 1. The van der Waals surface area contributed by atoms with Gasteiger partial charge in [-0.15, -0.1) is 0 Å². The maximum Gasteiger partial charge on any atom is 0.273 e. The molecule has 2 heterocycles. The smallest absolute Gasteiger partial charge is 0.273 e. The number of rotatable bonds is 4. The lowest BCUT2D eigenvalue weighted by atomic mass is 9.85. The molecule has 1 N–H and O–H groups in total. The highest BCUT2D eigenvalue weighted by Crippen LogP contribution is 2.32. The van der Waals surface area contributed by atoms with E-state index in [-0.39, 0.29) is 17.5 Å². The minimum Gasteiger partial charge on any atom is -0.361 e. The summed E-state index contributed by atoms with van der Waals surface area (Å²) in [6.07, 6.45) is 2.18. The molecule has 0 spiro atoms. The number of piperazine rings is 1. The molecule has 2 aromatic carbocycles. The number of hydrogen-bond acceptors (Lipinski definition) is 4. The first kappa shape index (κ1) is 22.5. The first-order chi connectivity index (χ1) is 15.6. The second-order valence-electron chi connectivity index (χ2n) is 9.45. The number of nitro groups is 1. The lowest BCUT2D eigenvalue weighted by molar-refractivity contribution is -0.386. The van der Waals surface area contributed by atoms with Crippen LogP contribution < -0.4 is 0 Å². The molecule has 8 nitrogen and oxygen atoms in total. The number of carbonyl (C=O) groups is 2. The van der Waals surface area contributed by atoms with Crippen molar-refractivity contribution in [3.8, 4) is 0 Å². The summed E-state index contributed by atoms with van der Waals surface area (Å²) in [6.45, 7) is 7.39. The third kappa shape index (κ3) is 4.60. The van der Waals surface area contributed by atoms with Crippen molar-refractivity contribution in [2.24, 2.45) is 0 Å². The van der Waals surface area contributed by atoms with E-state index in [1.54, 1.807) is 21.9 Å². The third-order valence-electron chi connectivity index (χ3n) is 6.19. The van der Waals surface area contributed by atoms with Crippen molar-refractivity contribution in [1.29, 1.82) is 0 Å². The van der Waals surface area contributed by atoms with E-state index in [2.05, 4.69) is 4.98 Å². The molecule has 3 aromatic rings. The zero-order valence-corrected chi connectivity index (χ0v) is 19.1. The summed E-state index contributed by atoms with van der Waals surface area (Å²) < 4.78 is 0. The standard InChI is InChI=1S/C25H28N4O4/c1-25(2,3)20-9-8-17(14-22(20)29(32)33)24(31)28-12-10-27(11-13-28)23(30)15-18-16-26-21-7-5-4-6-19(18)21/h4-9,14,16,26H,10-13,15H2,1-3H3. The molecule has 8 heteroatoms. The predicted octanol–water partition coefficient (Wildman–Crippen LogP) is 3.90. The van der Waals surface area contributed by atoms with Gasteiger partial charge in [-0.1, -0.05) is 45.0 Å². The van der Waals surface area contributed by atoms with Crippen LogP contribution in [0.4, 0.5) is 5.69 Å². The zero-order chi connectivity index (χ0) is 23.8. The van der Waals surface area contributed by atoms with E-state index >= 15 is 0 Å².